The summed E-state index contributed by atoms with van der Waals surface area (Å²) in [6.07, 6.45) is 2.08. The number of aryl methyl sites for hydroxylation is 1. The van der Waals surface area contributed by atoms with E-state index >= 15 is 0 Å². The third-order valence-electron chi connectivity index (χ3n) is 3.27. The lowest BCUT2D eigenvalue weighted by Crippen LogP contribution is -2.39. The predicted octanol–water partition coefficient (Wildman–Crippen LogP) is 2.10. The molecule has 1 aromatic heterocycles. The van der Waals surface area contributed by atoms with Gasteiger partial charge in [-0.1, -0.05) is 0 Å². The third kappa shape index (κ3) is 2.75. The van der Waals surface area contributed by atoms with Crippen molar-refractivity contribution in [3.05, 3.63) is 29.1 Å². The van der Waals surface area contributed by atoms with Crippen molar-refractivity contribution in [1.82, 2.24) is 9.88 Å². The zero-order valence-corrected chi connectivity index (χ0v) is 11.4. The standard InChI is InChI=1S/C14H18N2O3/c1-8(2)16(10-4-5-10)13(17)12-7-6-11(14(18)19)9(3)15-12/h6-8,10H,4-5H2,1-3H3,(H,18,19). The van der Waals surface area contributed by atoms with Crippen molar-refractivity contribution in [2.75, 3.05) is 0 Å². The van der Waals surface area contributed by atoms with E-state index in [9.17, 15) is 9.59 Å². The second kappa shape index (κ2) is 4.99. The number of hydrogen-bond donors (Lipinski definition) is 1. The molecule has 0 spiro atoms. The Labute approximate surface area is 112 Å². The topological polar surface area (TPSA) is 70.5 Å². The molecule has 0 radical (unpaired) electrons. The van der Waals surface area contributed by atoms with Gasteiger partial charge in [-0.2, -0.15) is 0 Å². The van der Waals surface area contributed by atoms with E-state index in [4.69, 9.17) is 5.11 Å². The van der Waals surface area contributed by atoms with Crippen LogP contribution in [0.3, 0.4) is 0 Å². The third-order valence-corrected chi connectivity index (χ3v) is 3.27. The summed E-state index contributed by atoms with van der Waals surface area (Å²) in [7, 11) is 0. The molecule has 1 aliphatic rings. The molecular weight excluding hydrogens is 244 g/mol. The highest BCUT2D eigenvalue weighted by atomic mass is 16.4. The normalized spacial score (nSPS) is 14.5. The molecule has 1 aliphatic carbocycles. The van der Waals surface area contributed by atoms with Gasteiger partial charge in [0.25, 0.3) is 5.91 Å². The molecule has 0 unspecified atom stereocenters. The molecule has 2 rings (SSSR count). The maximum absolute atomic E-state index is 12.4. The van der Waals surface area contributed by atoms with Gasteiger partial charge >= 0.3 is 5.97 Å². The second-order valence-electron chi connectivity index (χ2n) is 5.17. The molecule has 1 aromatic rings. The number of aromatic nitrogens is 1. The molecule has 5 nitrogen and oxygen atoms in total. The van der Waals surface area contributed by atoms with Crippen molar-refractivity contribution in [2.45, 2.75) is 45.7 Å². The minimum absolute atomic E-state index is 0.113. The minimum atomic E-state index is -1.02. The van der Waals surface area contributed by atoms with Gasteiger partial charge < -0.3 is 10.0 Å². The Morgan fingerprint density at radius 2 is 2.00 bits per heavy atom. The van der Waals surface area contributed by atoms with Crippen molar-refractivity contribution >= 4 is 11.9 Å². The number of amides is 1. The van der Waals surface area contributed by atoms with Gasteiger partial charge in [0.1, 0.15) is 5.69 Å². The first-order valence-corrected chi connectivity index (χ1v) is 6.45. The van der Waals surface area contributed by atoms with E-state index < -0.39 is 5.97 Å². The van der Waals surface area contributed by atoms with Gasteiger partial charge in [-0.05, 0) is 45.7 Å². The van der Waals surface area contributed by atoms with E-state index in [1.807, 2.05) is 18.7 Å². The minimum Gasteiger partial charge on any atom is -0.478 e. The van der Waals surface area contributed by atoms with Crippen molar-refractivity contribution < 1.29 is 14.7 Å². The predicted molar refractivity (Wildman–Crippen MR) is 70.3 cm³/mol. The number of carboxylic acid groups (broad SMARTS) is 1. The quantitative estimate of drug-likeness (QED) is 0.902. The monoisotopic (exact) mass is 262 g/mol. The van der Waals surface area contributed by atoms with Crippen LogP contribution in [0.5, 0.6) is 0 Å². The fourth-order valence-electron chi connectivity index (χ4n) is 2.21. The fraction of sp³-hybridized carbons (Fsp3) is 0.500. The van der Waals surface area contributed by atoms with Crippen LogP contribution < -0.4 is 0 Å². The average molecular weight is 262 g/mol. The first-order valence-electron chi connectivity index (χ1n) is 6.45. The Morgan fingerprint density at radius 3 is 2.42 bits per heavy atom. The van der Waals surface area contributed by atoms with E-state index in [2.05, 4.69) is 4.98 Å². The molecule has 1 fully saturated rings. The molecule has 1 heterocycles. The smallest absolute Gasteiger partial charge is 0.337 e. The number of carboxylic acids is 1. The van der Waals surface area contributed by atoms with Gasteiger partial charge in [0.05, 0.1) is 11.3 Å². The van der Waals surface area contributed by atoms with Gasteiger partial charge in [0, 0.05) is 12.1 Å². The molecule has 102 valence electrons. The first-order chi connectivity index (χ1) is 8.91. The van der Waals surface area contributed by atoms with Gasteiger partial charge in [-0.15, -0.1) is 0 Å². The van der Waals surface area contributed by atoms with Gasteiger partial charge in [-0.25, -0.2) is 9.78 Å². The SMILES string of the molecule is Cc1nc(C(=O)N(C(C)C)C2CC2)ccc1C(=O)O. The number of rotatable bonds is 4. The average Bonchev–Trinajstić information content (AvgIpc) is 3.12. The van der Waals surface area contributed by atoms with Crippen LogP contribution in [0.25, 0.3) is 0 Å². The molecule has 1 saturated carbocycles. The molecule has 0 aliphatic heterocycles. The van der Waals surface area contributed by atoms with Crippen molar-refractivity contribution in [3.63, 3.8) is 0 Å². The largest absolute Gasteiger partial charge is 0.478 e. The summed E-state index contributed by atoms with van der Waals surface area (Å²) in [5.74, 6) is -1.13. The summed E-state index contributed by atoms with van der Waals surface area (Å²) in [6.45, 7) is 5.57. The van der Waals surface area contributed by atoms with E-state index in [0.29, 0.717) is 17.4 Å². The number of pyridine rings is 1. The first kappa shape index (κ1) is 13.5. The Hall–Kier alpha value is -1.91. The van der Waals surface area contributed by atoms with E-state index in [-0.39, 0.29) is 17.5 Å². The summed E-state index contributed by atoms with van der Waals surface area (Å²) in [5.41, 5.74) is 0.833. The highest BCUT2D eigenvalue weighted by molar-refractivity contribution is 5.95. The van der Waals surface area contributed by atoms with Gasteiger partial charge in [0.15, 0.2) is 0 Å². The maximum Gasteiger partial charge on any atom is 0.337 e. The molecule has 0 saturated heterocycles. The number of nitrogens with zero attached hydrogens (tertiary/aromatic N) is 2. The van der Waals surface area contributed by atoms with Gasteiger partial charge in [0.2, 0.25) is 0 Å². The molecule has 0 aromatic carbocycles. The number of aromatic carboxylic acids is 1. The van der Waals surface area contributed by atoms with Crippen LogP contribution in [-0.4, -0.2) is 39.0 Å². The summed E-state index contributed by atoms with van der Waals surface area (Å²) >= 11 is 0. The Bertz CT molecular complexity index is 519. The Morgan fingerprint density at radius 1 is 1.37 bits per heavy atom. The number of carbonyl (C=O) groups excluding carboxylic acids is 1. The van der Waals surface area contributed by atoms with E-state index in [1.54, 1.807) is 6.92 Å². The van der Waals surface area contributed by atoms with E-state index in [1.165, 1.54) is 12.1 Å². The molecule has 5 heteroatoms. The van der Waals surface area contributed by atoms with Crippen LogP contribution in [-0.2, 0) is 0 Å². The molecule has 1 N–H and O–H groups in total. The van der Waals surface area contributed by atoms with Crippen molar-refractivity contribution in [2.24, 2.45) is 0 Å². The van der Waals surface area contributed by atoms with Crippen LogP contribution in [0.1, 0.15) is 53.2 Å². The zero-order valence-electron chi connectivity index (χ0n) is 11.4. The van der Waals surface area contributed by atoms with Crippen LogP contribution in [0.15, 0.2) is 12.1 Å². The van der Waals surface area contributed by atoms with Crippen LogP contribution in [0.4, 0.5) is 0 Å². The summed E-state index contributed by atoms with van der Waals surface area (Å²) in [6, 6.07) is 3.38. The van der Waals surface area contributed by atoms with Crippen LogP contribution >= 0.6 is 0 Å². The van der Waals surface area contributed by atoms with E-state index in [0.717, 1.165) is 12.8 Å². The lowest BCUT2D eigenvalue weighted by molar-refractivity contribution is 0.0672. The summed E-state index contributed by atoms with van der Waals surface area (Å²) < 4.78 is 0. The summed E-state index contributed by atoms with van der Waals surface area (Å²) in [4.78, 5) is 29.3. The molecule has 1 amide bonds. The fourth-order valence-corrected chi connectivity index (χ4v) is 2.21. The maximum atomic E-state index is 12.4. The lowest BCUT2D eigenvalue weighted by atomic mass is 10.1. The second-order valence-corrected chi connectivity index (χ2v) is 5.17. The van der Waals surface area contributed by atoms with Crippen molar-refractivity contribution in [3.8, 4) is 0 Å². The Balaban J connectivity index is 2.28. The summed E-state index contributed by atoms with van der Waals surface area (Å²) in [5, 5.41) is 8.96. The molecule has 0 atom stereocenters. The number of hydrogen-bond acceptors (Lipinski definition) is 3. The number of carbonyl (C=O) groups is 2. The van der Waals surface area contributed by atoms with Crippen molar-refractivity contribution in [1.29, 1.82) is 0 Å². The highest BCUT2D eigenvalue weighted by Crippen LogP contribution is 2.29. The highest BCUT2D eigenvalue weighted by Gasteiger charge is 2.35. The molecule has 0 bridgehead atoms. The molecular formula is C14H18N2O3. The van der Waals surface area contributed by atoms with Crippen LogP contribution in [0, 0.1) is 6.92 Å². The molecule has 19 heavy (non-hydrogen) atoms. The van der Waals surface area contributed by atoms with Crippen LogP contribution in [0.2, 0.25) is 0 Å². The Kier molecular flexibility index (Phi) is 3.55. The van der Waals surface area contributed by atoms with Gasteiger partial charge in [-0.3, -0.25) is 4.79 Å². The lowest BCUT2D eigenvalue weighted by Gasteiger charge is -2.26. The zero-order chi connectivity index (χ0) is 14.2.